The quantitative estimate of drug-likeness (QED) is 0.120. The summed E-state index contributed by atoms with van der Waals surface area (Å²) < 4.78 is 0. The van der Waals surface area contributed by atoms with Crippen LogP contribution in [0.1, 0.15) is 135 Å². The number of hydrogen-bond acceptors (Lipinski definition) is 0. The largest absolute Gasteiger partial charge is 0.0985 e. The second-order valence-corrected chi connectivity index (χ2v) is 19.8. The molecule has 358 valence electrons. The Bertz CT molecular complexity index is 2870. The minimum Gasteiger partial charge on any atom is -0.0985 e. The average Bonchev–Trinajstić information content (AvgIpc) is 3.59. The van der Waals surface area contributed by atoms with Gasteiger partial charge in [-0.2, -0.15) is 0 Å². The van der Waals surface area contributed by atoms with E-state index in [2.05, 4.69) is 265 Å². The van der Waals surface area contributed by atoms with Crippen molar-refractivity contribution >= 4 is 11.1 Å². The van der Waals surface area contributed by atoms with Crippen molar-refractivity contribution in [2.24, 2.45) is 0 Å². The highest BCUT2D eigenvalue weighted by Crippen LogP contribution is 2.49. The standard InChI is InChI=1S/C27H32.C17H18.C13H12.C13H16/c1-5-22(24-13-8-7-9-14-24)18-23(6-2)25-17-16-21(4)27(19-25)26-15-11-10-12-20(26)3;1-11-5-7-13-14-8-6-12(2)10-16(14)17(3,4)15(13)9-11;1-11-7-9-13(10-8-11)12-5-3-2-4-6-12;1-4-6-12(5-2)13-9-7-11(3)8-10-13/h6-15,19,22H,5,16-18H2,1-4H3;5-10H,1-4H3;2-10H,1H3;5-10H,2,4H2,1,3H3/b23-6+;;;12-6+. The molecule has 0 radical (unpaired) electrons. The third kappa shape index (κ3) is 13.5. The maximum Gasteiger partial charge on any atom is 0.0159 e. The Hall–Kier alpha value is -6.76. The zero-order chi connectivity index (χ0) is 50.2. The topological polar surface area (TPSA) is 0 Å². The molecule has 70 heavy (non-hydrogen) atoms. The number of allylic oxidation sites excluding steroid dienone is 9. The van der Waals surface area contributed by atoms with Crippen LogP contribution in [0.5, 0.6) is 0 Å². The van der Waals surface area contributed by atoms with Crippen LogP contribution in [-0.2, 0) is 5.41 Å². The molecule has 9 rings (SSSR count). The zero-order valence-electron chi connectivity index (χ0n) is 44.3. The minimum absolute atomic E-state index is 0.142. The number of hydrogen-bond donors (Lipinski definition) is 0. The Kier molecular flexibility index (Phi) is 18.9. The van der Waals surface area contributed by atoms with Gasteiger partial charge in [0.05, 0.1) is 0 Å². The van der Waals surface area contributed by atoms with Crippen molar-refractivity contribution in [2.75, 3.05) is 0 Å². The smallest absolute Gasteiger partial charge is 0.0159 e. The fourth-order valence-corrected chi connectivity index (χ4v) is 9.81. The first-order chi connectivity index (χ1) is 33.8. The molecule has 7 aromatic carbocycles. The molecular weight excluding hydrogens is 841 g/mol. The van der Waals surface area contributed by atoms with Gasteiger partial charge in [-0.05, 0) is 164 Å². The predicted octanol–water partition coefficient (Wildman–Crippen LogP) is 20.3. The Labute approximate surface area is 424 Å². The summed E-state index contributed by atoms with van der Waals surface area (Å²) in [5, 5.41) is 0. The molecule has 0 spiro atoms. The van der Waals surface area contributed by atoms with Crippen molar-refractivity contribution in [3.05, 3.63) is 273 Å². The second kappa shape index (κ2) is 25.2. The summed E-state index contributed by atoms with van der Waals surface area (Å²) in [7, 11) is 0. The molecule has 0 aliphatic heterocycles. The monoisotopic (exact) mass is 919 g/mol. The number of benzene rings is 7. The van der Waals surface area contributed by atoms with E-state index in [-0.39, 0.29) is 5.41 Å². The third-order valence-corrected chi connectivity index (χ3v) is 14.1. The normalized spacial score (nSPS) is 14.0. The Balaban J connectivity index is 0.000000161. The molecule has 0 amide bonds. The first kappa shape index (κ1) is 52.6. The van der Waals surface area contributed by atoms with Gasteiger partial charge in [-0.3, -0.25) is 0 Å². The summed E-state index contributed by atoms with van der Waals surface area (Å²) in [5.41, 5.74) is 26.4. The van der Waals surface area contributed by atoms with Crippen LogP contribution in [0.2, 0.25) is 0 Å². The Morgan fingerprint density at radius 2 is 1.09 bits per heavy atom. The molecule has 0 bridgehead atoms. The van der Waals surface area contributed by atoms with Gasteiger partial charge >= 0.3 is 0 Å². The van der Waals surface area contributed by atoms with E-state index in [9.17, 15) is 0 Å². The van der Waals surface area contributed by atoms with Crippen molar-refractivity contribution in [3.8, 4) is 22.3 Å². The minimum atomic E-state index is 0.142. The Morgan fingerprint density at radius 3 is 1.61 bits per heavy atom. The van der Waals surface area contributed by atoms with Gasteiger partial charge < -0.3 is 0 Å². The molecule has 0 saturated heterocycles. The lowest BCUT2D eigenvalue weighted by atomic mass is 9.81. The number of aryl methyl sites for hydroxylation is 5. The van der Waals surface area contributed by atoms with Crippen molar-refractivity contribution in [1.29, 1.82) is 0 Å². The predicted molar refractivity (Wildman–Crippen MR) is 309 cm³/mol. The molecule has 0 aromatic heterocycles. The summed E-state index contributed by atoms with van der Waals surface area (Å²) in [6, 6.07) is 61.0. The molecular formula is C70H78. The zero-order valence-corrected chi connectivity index (χ0v) is 44.3. The van der Waals surface area contributed by atoms with Gasteiger partial charge in [0, 0.05) is 5.41 Å². The average molecular weight is 919 g/mol. The van der Waals surface area contributed by atoms with Crippen molar-refractivity contribution in [1.82, 2.24) is 0 Å². The SMILES string of the molecule is C/C=C(\CC(CC)c1ccccc1)C1=CC(c2ccccc2C)=C(C)CC1.C=C/C(=C\CC)c1ccc(C)cc1.Cc1ccc(-c2ccccc2)cc1.Cc1ccc2c(c1)C(C)(C)c1cc(C)ccc1-2. The van der Waals surface area contributed by atoms with Crippen LogP contribution in [0, 0.1) is 34.6 Å². The highest BCUT2D eigenvalue weighted by molar-refractivity contribution is 5.82. The summed E-state index contributed by atoms with van der Waals surface area (Å²) in [5.74, 6) is 0.590. The van der Waals surface area contributed by atoms with E-state index in [0.717, 1.165) is 25.7 Å². The Morgan fingerprint density at radius 1 is 0.571 bits per heavy atom. The van der Waals surface area contributed by atoms with Crippen molar-refractivity contribution in [2.45, 2.75) is 120 Å². The lowest BCUT2D eigenvalue weighted by Crippen LogP contribution is -2.15. The van der Waals surface area contributed by atoms with E-state index in [1.54, 1.807) is 0 Å². The van der Waals surface area contributed by atoms with Crippen LogP contribution in [0.25, 0.3) is 33.4 Å². The van der Waals surface area contributed by atoms with Crippen LogP contribution in [0.4, 0.5) is 0 Å². The molecule has 1 atom stereocenters. The fraction of sp³-hybridized carbons (Fsp3) is 0.257. The maximum atomic E-state index is 3.81. The summed E-state index contributed by atoms with van der Waals surface area (Å²) in [6.07, 6.45) is 14.6. The van der Waals surface area contributed by atoms with E-state index in [0.29, 0.717) is 5.92 Å². The van der Waals surface area contributed by atoms with Gasteiger partial charge in [0.25, 0.3) is 0 Å². The fourth-order valence-electron chi connectivity index (χ4n) is 9.81. The molecule has 0 saturated carbocycles. The molecule has 0 nitrogen and oxygen atoms in total. The first-order valence-electron chi connectivity index (χ1n) is 25.7. The van der Waals surface area contributed by atoms with Crippen molar-refractivity contribution in [3.63, 3.8) is 0 Å². The molecule has 1 unspecified atom stereocenters. The van der Waals surface area contributed by atoms with Crippen LogP contribution < -0.4 is 0 Å². The molecule has 0 N–H and O–H groups in total. The van der Waals surface area contributed by atoms with Crippen LogP contribution >= 0.6 is 0 Å². The van der Waals surface area contributed by atoms with E-state index in [1.165, 1.54) is 112 Å². The maximum absolute atomic E-state index is 3.81. The van der Waals surface area contributed by atoms with E-state index < -0.39 is 0 Å². The van der Waals surface area contributed by atoms with Gasteiger partial charge in [-0.15, -0.1) is 0 Å². The summed E-state index contributed by atoms with van der Waals surface area (Å²) in [6.45, 7) is 28.2. The molecule has 0 heteroatoms. The molecule has 0 fully saturated rings. The second-order valence-electron chi connectivity index (χ2n) is 19.8. The van der Waals surface area contributed by atoms with Crippen LogP contribution in [0.3, 0.4) is 0 Å². The number of rotatable bonds is 10. The molecule has 7 aromatic rings. The van der Waals surface area contributed by atoms with E-state index in [4.69, 9.17) is 0 Å². The lowest BCUT2D eigenvalue weighted by Gasteiger charge is -2.24. The van der Waals surface area contributed by atoms with Gasteiger partial charge in [0.2, 0.25) is 0 Å². The molecule has 0 heterocycles. The highest BCUT2D eigenvalue weighted by Gasteiger charge is 2.35. The highest BCUT2D eigenvalue weighted by atomic mass is 14.4. The number of fused-ring (bicyclic) bond motifs is 3. The summed E-state index contributed by atoms with van der Waals surface area (Å²) >= 11 is 0. The summed E-state index contributed by atoms with van der Waals surface area (Å²) in [4.78, 5) is 0. The van der Waals surface area contributed by atoms with Crippen LogP contribution in [0.15, 0.2) is 217 Å². The van der Waals surface area contributed by atoms with Crippen LogP contribution in [-0.4, -0.2) is 0 Å². The molecule has 2 aliphatic rings. The van der Waals surface area contributed by atoms with Gasteiger partial charge in [0.1, 0.15) is 0 Å². The third-order valence-electron chi connectivity index (χ3n) is 14.1. The van der Waals surface area contributed by atoms with Crippen molar-refractivity contribution < 1.29 is 0 Å². The first-order valence-corrected chi connectivity index (χ1v) is 25.7. The van der Waals surface area contributed by atoms with Gasteiger partial charge in [-0.1, -0.05) is 256 Å². The van der Waals surface area contributed by atoms with E-state index in [1.807, 2.05) is 12.1 Å². The van der Waals surface area contributed by atoms with Gasteiger partial charge in [0.15, 0.2) is 0 Å². The lowest BCUT2D eigenvalue weighted by molar-refractivity contribution is 0.654. The van der Waals surface area contributed by atoms with Gasteiger partial charge in [-0.25, -0.2) is 0 Å². The van der Waals surface area contributed by atoms with E-state index >= 15 is 0 Å². The molecule has 2 aliphatic carbocycles.